The van der Waals surface area contributed by atoms with Gasteiger partial charge in [-0.15, -0.1) is 0 Å². The van der Waals surface area contributed by atoms with Gasteiger partial charge in [-0.2, -0.15) is 0 Å². The quantitative estimate of drug-likeness (QED) is 0.725. The van der Waals surface area contributed by atoms with Gasteiger partial charge in [0.1, 0.15) is 0 Å². The summed E-state index contributed by atoms with van der Waals surface area (Å²) in [6, 6.07) is 5.71. The number of hydrogen-bond donors (Lipinski definition) is 2. The molecule has 3 N–H and O–H groups in total. The zero-order chi connectivity index (χ0) is 10.0. The van der Waals surface area contributed by atoms with E-state index in [4.69, 9.17) is 5.73 Å². The highest BCUT2D eigenvalue weighted by atomic mass is 16.3. The molecular formula is C11H17NO. The molecule has 0 saturated heterocycles. The lowest BCUT2D eigenvalue weighted by atomic mass is 9.99. The first kappa shape index (κ1) is 10.2. The third kappa shape index (κ3) is 2.29. The van der Waals surface area contributed by atoms with Gasteiger partial charge in [0, 0.05) is 6.04 Å². The first-order chi connectivity index (χ1) is 6.02. The van der Waals surface area contributed by atoms with Gasteiger partial charge in [-0.05, 0) is 37.5 Å². The van der Waals surface area contributed by atoms with Crippen LogP contribution in [0, 0.1) is 13.8 Å². The molecule has 13 heavy (non-hydrogen) atoms. The number of nitrogens with two attached hydrogens (primary N) is 1. The Morgan fingerprint density at radius 3 is 2.31 bits per heavy atom. The Hall–Kier alpha value is -0.860. The van der Waals surface area contributed by atoms with Crippen LogP contribution >= 0.6 is 0 Å². The molecule has 1 aromatic carbocycles. The zero-order valence-corrected chi connectivity index (χ0v) is 8.41. The van der Waals surface area contributed by atoms with Crippen LogP contribution in [0.3, 0.4) is 0 Å². The van der Waals surface area contributed by atoms with Gasteiger partial charge in [-0.1, -0.05) is 18.2 Å². The van der Waals surface area contributed by atoms with Crippen LogP contribution in [0.5, 0.6) is 0 Å². The highest BCUT2D eigenvalue weighted by Gasteiger charge is 2.12. The van der Waals surface area contributed by atoms with Crippen LogP contribution in [0.2, 0.25) is 0 Å². The van der Waals surface area contributed by atoms with Gasteiger partial charge in [0.25, 0.3) is 0 Å². The SMILES string of the molecule is Cc1ccc(C(O)C(C)N)cc1C. The average molecular weight is 179 g/mol. The number of aliphatic hydroxyl groups excluding tert-OH is 1. The molecule has 2 nitrogen and oxygen atoms in total. The van der Waals surface area contributed by atoms with E-state index in [0.29, 0.717) is 0 Å². The van der Waals surface area contributed by atoms with Gasteiger partial charge in [-0.25, -0.2) is 0 Å². The van der Waals surface area contributed by atoms with Crippen LogP contribution in [0.4, 0.5) is 0 Å². The maximum atomic E-state index is 9.69. The van der Waals surface area contributed by atoms with Crippen molar-refractivity contribution in [1.29, 1.82) is 0 Å². The molecule has 2 unspecified atom stereocenters. The molecule has 0 heterocycles. The molecule has 0 aliphatic carbocycles. The molecule has 0 spiro atoms. The van der Waals surface area contributed by atoms with Crippen molar-refractivity contribution in [3.8, 4) is 0 Å². The molecule has 0 aliphatic rings. The van der Waals surface area contributed by atoms with E-state index in [1.165, 1.54) is 11.1 Å². The van der Waals surface area contributed by atoms with Crippen molar-refractivity contribution in [3.63, 3.8) is 0 Å². The normalized spacial score (nSPS) is 15.5. The fourth-order valence-electron chi connectivity index (χ4n) is 1.25. The van der Waals surface area contributed by atoms with Gasteiger partial charge < -0.3 is 10.8 Å². The smallest absolute Gasteiger partial charge is 0.0938 e. The fourth-order valence-corrected chi connectivity index (χ4v) is 1.25. The highest BCUT2D eigenvalue weighted by Crippen LogP contribution is 2.18. The molecule has 0 aliphatic heterocycles. The van der Waals surface area contributed by atoms with Crippen LogP contribution in [0.15, 0.2) is 18.2 Å². The van der Waals surface area contributed by atoms with Crippen molar-refractivity contribution in [2.45, 2.75) is 32.9 Å². The van der Waals surface area contributed by atoms with E-state index in [2.05, 4.69) is 6.92 Å². The lowest BCUT2D eigenvalue weighted by Gasteiger charge is -2.15. The van der Waals surface area contributed by atoms with Crippen LogP contribution < -0.4 is 5.73 Å². The summed E-state index contributed by atoms with van der Waals surface area (Å²) in [5, 5.41) is 9.69. The Morgan fingerprint density at radius 2 is 1.85 bits per heavy atom. The maximum Gasteiger partial charge on any atom is 0.0938 e. The number of aryl methyl sites for hydroxylation is 2. The second-order valence-electron chi connectivity index (χ2n) is 3.65. The molecular weight excluding hydrogens is 162 g/mol. The van der Waals surface area contributed by atoms with E-state index < -0.39 is 6.10 Å². The molecule has 1 rings (SSSR count). The summed E-state index contributed by atoms with van der Waals surface area (Å²) in [6.45, 7) is 5.89. The molecule has 1 aromatic rings. The lowest BCUT2D eigenvalue weighted by molar-refractivity contribution is 0.153. The predicted octanol–water partition coefficient (Wildman–Crippen LogP) is 1.68. The molecule has 0 bridgehead atoms. The molecule has 0 amide bonds. The summed E-state index contributed by atoms with van der Waals surface area (Å²) in [7, 11) is 0. The fraction of sp³-hybridized carbons (Fsp3) is 0.455. The average Bonchev–Trinajstić information content (AvgIpc) is 2.08. The Kier molecular flexibility index (Phi) is 3.07. The number of benzene rings is 1. The van der Waals surface area contributed by atoms with E-state index in [9.17, 15) is 5.11 Å². The van der Waals surface area contributed by atoms with Crippen molar-refractivity contribution < 1.29 is 5.11 Å². The minimum absolute atomic E-state index is 0.220. The van der Waals surface area contributed by atoms with Gasteiger partial charge in [0.15, 0.2) is 0 Å². The summed E-state index contributed by atoms with van der Waals surface area (Å²) < 4.78 is 0. The molecule has 0 aromatic heterocycles. The third-order valence-corrected chi connectivity index (χ3v) is 2.37. The minimum atomic E-state index is -0.556. The number of aliphatic hydroxyl groups is 1. The second-order valence-corrected chi connectivity index (χ2v) is 3.65. The topological polar surface area (TPSA) is 46.2 Å². The van der Waals surface area contributed by atoms with Crippen molar-refractivity contribution in [1.82, 2.24) is 0 Å². The third-order valence-electron chi connectivity index (χ3n) is 2.37. The van der Waals surface area contributed by atoms with Crippen molar-refractivity contribution in [2.24, 2.45) is 5.73 Å². The van der Waals surface area contributed by atoms with Crippen molar-refractivity contribution in [2.75, 3.05) is 0 Å². The predicted molar refractivity (Wildman–Crippen MR) is 54.5 cm³/mol. The Bertz CT molecular complexity index is 294. The van der Waals surface area contributed by atoms with Gasteiger partial charge >= 0.3 is 0 Å². The molecule has 0 saturated carbocycles. The van der Waals surface area contributed by atoms with Crippen LogP contribution in [-0.4, -0.2) is 11.1 Å². The van der Waals surface area contributed by atoms with E-state index >= 15 is 0 Å². The minimum Gasteiger partial charge on any atom is -0.387 e. The standard InChI is InChI=1S/C11H17NO/c1-7-4-5-10(6-8(7)2)11(13)9(3)12/h4-6,9,11,13H,12H2,1-3H3. The van der Waals surface area contributed by atoms with E-state index in [1.54, 1.807) is 6.92 Å². The highest BCUT2D eigenvalue weighted by molar-refractivity contribution is 5.31. The van der Waals surface area contributed by atoms with Crippen LogP contribution in [-0.2, 0) is 0 Å². The van der Waals surface area contributed by atoms with E-state index in [1.807, 2.05) is 25.1 Å². The summed E-state index contributed by atoms with van der Waals surface area (Å²) >= 11 is 0. The molecule has 2 atom stereocenters. The van der Waals surface area contributed by atoms with E-state index in [-0.39, 0.29) is 6.04 Å². The summed E-state index contributed by atoms with van der Waals surface area (Å²) in [6.07, 6.45) is -0.556. The largest absolute Gasteiger partial charge is 0.387 e. The summed E-state index contributed by atoms with van der Waals surface area (Å²) in [4.78, 5) is 0. The van der Waals surface area contributed by atoms with Crippen molar-refractivity contribution >= 4 is 0 Å². The lowest BCUT2D eigenvalue weighted by Crippen LogP contribution is -2.24. The molecule has 2 heteroatoms. The Morgan fingerprint density at radius 1 is 1.23 bits per heavy atom. The maximum absolute atomic E-state index is 9.69. The Labute approximate surface area is 79.4 Å². The van der Waals surface area contributed by atoms with Gasteiger partial charge in [0.2, 0.25) is 0 Å². The van der Waals surface area contributed by atoms with Crippen LogP contribution in [0.25, 0.3) is 0 Å². The summed E-state index contributed by atoms with van der Waals surface area (Å²) in [5.74, 6) is 0. The first-order valence-corrected chi connectivity index (χ1v) is 4.53. The van der Waals surface area contributed by atoms with Crippen molar-refractivity contribution in [3.05, 3.63) is 34.9 Å². The second kappa shape index (κ2) is 3.90. The molecule has 0 radical (unpaired) electrons. The monoisotopic (exact) mass is 179 g/mol. The summed E-state index contributed by atoms with van der Waals surface area (Å²) in [5.41, 5.74) is 8.94. The molecule has 72 valence electrons. The van der Waals surface area contributed by atoms with Gasteiger partial charge in [0.05, 0.1) is 6.10 Å². The molecule has 0 fully saturated rings. The first-order valence-electron chi connectivity index (χ1n) is 4.53. The number of hydrogen-bond acceptors (Lipinski definition) is 2. The van der Waals surface area contributed by atoms with Gasteiger partial charge in [-0.3, -0.25) is 0 Å². The zero-order valence-electron chi connectivity index (χ0n) is 8.41. The van der Waals surface area contributed by atoms with E-state index in [0.717, 1.165) is 5.56 Å². The number of rotatable bonds is 2. The van der Waals surface area contributed by atoms with Crippen LogP contribution in [0.1, 0.15) is 29.7 Å². The Balaban J connectivity index is 2.97.